The van der Waals surface area contributed by atoms with E-state index < -0.39 is 0 Å². The molecule has 0 aromatic heterocycles. The lowest BCUT2D eigenvalue weighted by Gasteiger charge is -2.00. The summed E-state index contributed by atoms with van der Waals surface area (Å²) in [5.74, 6) is 0. The zero-order chi connectivity index (χ0) is 7.66. The Bertz CT molecular complexity index is 49.2. The average Bonchev–Trinajstić information content (AvgIpc) is 1.97. The molecule has 10 heavy (non-hydrogen) atoms. The molecule has 62 valence electrons. The predicted molar refractivity (Wildman–Crippen MR) is 51.4 cm³/mol. The fourth-order valence-electron chi connectivity index (χ4n) is 0.927. The van der Waals surface area contributed by atoms with E-state index in [1.165, 1.54) is 38.0 Å². The Morgan fingerprint density at radius 2 is 2.00 bits per heavy atom. The molecule has 0 aliphatic carbocycles. The first kappa shape index (κ1) is 10.2. The minimum absolute atomic E-state index is 0.276. The fourth-order valence-corrected chi connectivity index (χ4v) is 1.78. The largest absolute Gasteiger partial charge is 0.320 e. The molecular formula is C8H21NSi. The summed E-state index contributed by atoms with van der Waals surface area (Å²) in [6, 6.07) is 1.45. The van der Waals surface area contributed by atoms with Gasteiger partial charge in [0.1, 0.15) is 0 Å². The first-order chi connectivity index (χ1) is 4.91. The molecular weight excluding hydrogens is 138 g/mol. The van der Waals surface area contributed by atoms with Crippen molar-refractivity contribution < 1.29 is 0 Å². The molecule has 0 saturated heterocycles. The average molecular weight is 159 g/mol. The van der Waals surface area contributed by atoms with Gasteiger partial charge in [-0.2, -0.15) is 0 Å². The smallest absolute Gasteiger partial charge is 0.0362 e. The number of rotatable bonds is 7. The third-order valence-electron chi connectivity index (χ3n) is 1.66. The van der Waals surface area contributed by atoms with Gasteiger partial charge < -0.3 is 5.32 Å². The molecule has 1 nitrogen and oxygen atoms in total. The van der Waals surface area contributed by atoms with Gasteiger partial charge in [0.25, 0.3) is 0 Å². The van der Waals surface area contributed by atoms with Gasteiger partial charge in [-0.3, -0.25) is 0 Å². The first-order valence-electron chi connectivity index (χ1n) is 4.62. The molecule has 2 heteroatoms. The van der Waals surface area contributed by atoms with Crippen LogP contribution in [-0.4, -0.2) is 22.2 Å². The van der Waals surface area contributed by atoms with Crippen LogP contribution in [0.5, 0.6) is 0 Å². The van der Waals surface area contributed by atoms with E-state index in [4.69, 9.17) is 0 Å². The summed E-state index contributed by atoms with van der Waals surface area (Å²) in [6.07, 6.45) is 5.45. The number of unbranched alkanes of at least 4 members (excludes halogenated alkanes) is 2. The van der Waals surface area contributed by atoms with Crippen LogP contribution >= 0.6 is 0 Å². The van der Waals surface area contributed by atoms with Crippen LogP contribution in [0.15, 0.2) is 0 Å². The lowest BCUT2D eigenvalue weighted by atomic mass is 10.2. The molecule has 0 aliphatic heterocycles. The van der Waals surface area contributed by atoms with E-state index in [-0.39, 0.29) is 9.52 Å². The maximum atomic E-state index is 3.48. The minimum atomic E-state index is 0.276. The number of hydrogen-bond donors (Lipinski definition) is 1. The normalized spacial score (nSPS) is 11.4. The molecule has 0 fully saturated rings. The van der Waals surface area contributed by atoms with Crippen LogP contribution in [0.4, 0.5) is 0 Å². The maximum absolute atomic E-state index is 3.48. The molecule has 0 aliphatic rings. The Kier molecular flexibility index (Phi) is 9.34. The van der Waals surface area contributed by atoms with Gasteiger partial charge in [-0.25, -0.2) is 0 Å². The van der Waals surface area contributed by atoms with Gasteiger partial charge in [-0.1, -0.05) is 32.7 Å². The first-order valence-corrected chi connectivity index (χ1v) is 6.62. The molecule has 0 aromatic carbocycles. The summed E-state index contributed by atoms with van der Waals surface area (Å²) < 4.78 is 0. The Labute approximate surface area is 67.4 Å². The van der Waals surface area contributed by atoms with Crippen molar-refractivity contribution in [2.75, 3.05) is 12.7 Å². The second-order valence-electron chi connectivity index (χ2n) is 2.81. The van der Waals surface area contributed by atoms with Crippen LogP contribution in [0.1, 0.15) is 33.1 Å². The summed E-state index contributed by atoms with van der Waals surface area (Å²) in [7, 11) is 0.276. The highest BCUT2D eigenvalue weighted by atomic mass is 28.2. The van der Waals surface area contributed by atoms with Gasteiger partial charge in [-0.05, 0) is 19.1 Å². The van der Waals surface area contributed by atoms with Crippen LogP contribution in [0.2, 0.25) is 6.04 Å². The van der Waals surface area contributed by atoms with E-state index >= 15 is 0 Å². The fraction of sp³-hybridized carbons (Fsp3) is 1.00. The van der Waals surface area contributed by atoms with E-state index in [0.29, 0.717) is 0 Å². The van der Waals surface area contributed by atoms with Gasteiger partial charge in [-0.15, -0.1) is 0 Å². The monoisotopic (exact) mass is 159 g/mol. The summed E-state index contributed by atoms with van der Waals surface area (Å²) in [6.45, 7) is 5.79. The maximum Gasteiger partial charge on any atom is 0.0362 e. The van der Waals surface area contributed by atoms with E-state index in [2.05, 4.69) is 19.2 Å². The summed E-state index contributed by atoms with van der Waals surface area (Å²) >= 11 is 0. The number of nitrogens with one attached hydrogen (secondary N) is 1. The van der Waals surface area contributed by atoms with Crippen molar-refractivity contribution in [3.8, 4) is 0 Å². The van der Waals surface area contributed by atoms with Crippen molar-refractivity contribution >= 4 is 9.52 Å². The third kappa shape index (κ3) is 8.18. The zero-order valence-electron chi connectivity index (χ0n) is 7.45. The Hall–Kier alpha value is 0.177. The van der Waals surface area contributed by atoms with Gasteiger partial charge in [0.2, 0.25) is 0 Å². The van der Waals surface area contributed by atoms with Gasteiger partial charge >= 0.3 is 0 Å². The molecule has 0 unspecified atom stereocenters. The summed E-state index contributed by atoms with van der Waals surface area (Å²) in [5.41, 5.74) is 0. The quantitative estimate of drug-likeness (QED) is 0.436. The molecule has 0 heterocycles. The van der Waals surface area contributed by atoms with E-state index in [1.54, 1.807) is 0 Å². The van der Waals surface area contributed by atoms with Crippen LogP contribution in [0.3, 0.4) is 0 Å². The van der Waals surface area contributed by atoms with Crippen molar-refractivity contribution in [1.29, 1.82) is 0 Å². The van der Waals surface area contributed by atoms with Gasteiger partial charge in [0.05, 0.1) is 0 Å². The SMILES string of the molecule is CCCCCNC[SiH2]CC. The van der Waals surface area contributed by atoms with Gasteiger partial charge in [0, 0.05) is 9.52 Å². The van der Waals surface area contributed by atoms with E-state index in [0.717, 1.165) is 0 Å². The molecule has 0 atom stereocenters. The third-order valence-corrected chi connectivity index (χ3v) is 3.08. The number of hydrogen-bond acceptors (Lipinski definition) is 1. The molecule has 1 N–H and O–H groups in total. The topological polar surface area (TPSA) is 12.0 Å². The molecule has 0 bridgehead atoms. The van der Waals surface area contributed by atoms with Crippen molar-refractivity contribution in [3.05, 3.63) is 0 Å². The zero-order valence-corrected chi connectivity index (χ0v) is 8.86. The Balaban J connectivity index is 2.65. The highest BCUT2D eigenvalue weighted by molar-refractivity contribution is 6.35. The molecule has 0 rings (SSSR count). The minimum Gasteiger partial charge on any atom is -0.320 e. The summed E-state index contributed by atoms with van der Waals surface area (Å²) in [5, 5.41) is 3.48. The van der Waals surface area contributed by atoms with Crippen LogP contribution in [0.25, 0.3) is 0 Å². The lowest BCUT2D eigenvalue weighted by molar-refractivity contribution is 0.656. The Morgan fingerprint density at radius 3 is 2.60 bits per heavy atom. The molecule has 0 amide bonds. The van der Waals surface area contributed by atoms with Crippen LogP contribution in [-0.2, 0) is 0 Å². The van der Waals surface area contributed by atoms with Gasteiger partial charge in [0.15, 0.2) is 0 Å². The van der Waals surface area contributed by atoms with Crippen molar-refractivity contribution in [3.63, 3.8) is 0 Å². The highest BCUT2D eigenvalue weighted by Gasteiger charge is 1.86. The molecule has 0 spiro atoms. The summed E-state index contributed by atoms with van der Waals surface area (Å²) in [4.78, 5) is 0. The molecule has 0 radical (unpaired) electrons. The lowest BCUT2D eigenvalue weighted by Crippen LogP contribution is -2.20. The standard InChI is InChI=1S/C8H21NSi/c1-3-5-6-7-9-8-10-4-2/h9H,3-8,10H2,1-2H3. The second kappa shape index (κ2) is 9.18. The molecule has 0 aromatic rings. The van der Waals surface area contributed by atoms with Crippen molar-refractivity contribution in [1.82, 2.24) is 5.32 Å². The highest BCUT2D eigenvalue weighted by Crippen LogP contribution is 1.90. The Morgan fingerprint density at radius 1 is 1.20 bits per heavy atom. The van der Waals surface area contributed by atoms with Crippen molar-refractivity contribution in [2.45, 2.75) is 39.2 Å². The second-order valence-corrected chi connectivity index (χ2v) is 5.02. The van der Waals surface area contributed by atoms with Crippen LogP contribution in [0, 0.1) is 0 Å². The van der Waals surface area contributed by atoms with E-state index in [9.17, 15) is 0 Å². The van der Waals surface area contributed by atoms with Crippen molar-refractivity contribution in [2.24, 2.45) is 0 Å². The predicted octanol–water partition coefficient (Wildman–Crippen LogP) is 1.33. The van der Waals surface area contributed by atoms with E-state index in [1.807, 2.05) is 0 Å². The van der Waals surface area contributed by atoms with Crippen LogP contribution < -0.4 is 5.32 Å². The molecule has 0 saturated carbocycles.